The van der Waals surface area contributed by atoms with Crippen LogP contribution in [-0.2, 0) is 0 Å². The van der Waals surface area contributed by atoms with Crippen LogP contribution in [0.1, 0.15) is 5.56 Å². The number of aromatic nitrogens is 5. The third-order valence-electron chi connectivity index (χ3n) is 14.2. The minimum atomic E-state index is 0.387. The first-order chi connectivity index (χ1) is 35.7. The number of hydrogen-bond acceptors (Lipinski definition) is 6. The minimum Gasteiger partial charge on any atom is -0.454 e. The van der Waals surface area contributed by atoms with Crippen molar-refractivity contribution in [3.05, 3.63) is 224 Å². The molecule has 0 fully saturated rings. The lowest BCUT2D eigenvalue weighted by Gasteiger charge is -2.16. The molecule has 15 rings (SSSR count). The van der Waals surface area contributed by atoms with Crippen molar-refractivity contribution in [2.24, 2.45) is 0 Å². The van der Waals surface area contributed by atoms with Crippen LogP contribution >= 0.6 is 11.3 Å². The molecule has 0 atom stereocenters. The Morgan fingerprint density at radius 2 is 1.01 bits per heavy atom. The Kier molecular flexibility index (Phi) is 8.76. The number of hydrogen-bond donors (Lipinski definition) is 0. The predicted octanol–water partition coefficient (Wildman–Crippen LogP) is 16.9. The molecular formula is C64H36N6OS. The first kappa shape index (κ1) is 40.2. The van der Waals surface area contributed by atoms with Gasteiger partial charge in [0.25, 0.3) is 0 Å². The van der Waals surface area contributed by atoms with Gasteiger partial charge in [-0.25, -0.2) is 15.0 Å². The van der Waals surface area contributed by atoms with E-state index in [1.165, 1.54) is 20.2 Å². The fourth-order valence-corrected chi connectivity index (χ4v) is 12.2. The Labute approximate surface area is 415 Å². The van der Waals surface area contributed by atoms with Gasteiger partial charge in [-0.1, -0.05) is 158 Å². The maximum atomic E-state index is 11.5. The standard InChI is InChI=1S/C64H36N6OS/c65-37-41-35-52(61-57(46-27-12-16-30-53(46)71-61)56(41)64-67-62(38-18-4-1-5-19-38)66-63(68-64)39-20-6-2-7-21-39)70-50-28-14-10-24-43(50)49-36-47(40-32-33-55-48(34-40)44-25-13-17-31-54(44)72-55)59-58(60(49)70)45-26-11-15-29-51(45)69(59)42-22-8-3-9-23-42/h1-36H. The predicted molar refractivity (Wildman–Crippen MR) is 295 cm³/mol. The summed E-state index contributed by atoms with van der Waals surface area (Å²) in [7, 11) is 0. The Morgan fingerprint density at radius 3 is 1.74 bits per heavy atom. The van der Waals surface area contributed by atoms with Gasteiger partial charge in [-0.15, -0.1) is 11.3 Å². The molecule has 5 heterocycles. The molecule has 0 radical (unpaired) electrons. The summed E-state index contributed by atoms with van der Waals surface area (Å²) in [5.41, 5.74) is 12.2. The van der Waals surface area contributed by atoms with Gasteiger partial charge in [0.15, 0.2) is 23.1 Å². The molecule has 0 unspecified atom stereocenters. The van der Waals surface area contributed by atoms with Crippen molar-refractivity contribution in [2.45, 2.75) is 0 Å². The summed E-state index contributed by atoms with van der Waals surface area (Å²) in [4.78, 5) is 15.4. The first-order valence-corrected chi connectivity index (χ1v) is 24.7. The van der Waals surface area contributed by atoms with Crippen molar-refractivity contribution < 1.29 is 4.42 Å². The quantitative estimate of drug-likeness (QED) is 0.166. The number of nitrogens with zero attached hydrogens (tertiary/aromatic N) is 6. The van der Waals surface area contributed by atoms with Crippen molar-refractivity contribution in [1.82, 2.24) is 24.1 Å². The van der Waals surface area contributed by atoms with Crippen LogP contribution in [0.3, 0.4) is 0 Å². The number of benzene rings is 10. The summed E-state index contributed by atoms with van der Waals surface area (Å²) in [6.45, 7) is 0. The molecule has 0 amide bonds. The minimum absolute atomic E-state index is 0.387. The average molecular weight is 937 g/mol. The lowest BCUT2D eigenvalue weighted by molar-refractivity contribution is 0.666. The molecule has 0 saturated heterocycles. The molecule has 15 aromatic rings. The number of fused-ring (bicyclic) bond motifs is 13. The van der Waals surface area contributed by atoms with Gasteiger partial charge in [0.2, 0.25) is 0 Å². The van der Waals surface area contributed by atoms with Crippen LogP contribution in [0, 0.1) is 11.3 Å². The first-order valence-electron chi connectivity index (χ1n) is 23.9. The maximum absolute atomic E-state index is 11.5. The van der Waals surface area contributed by atoms with E-state index in [0.717, 1.165) is 88.0 Å². The second-order valence-electron chi connectivity index (χ2n) is 18.2. The summed E-state index contributed by atoms with van der Waals surface area (Å²) in [5, 5.41) is 20.0. The molecule has 8 heteroatoms. The van der Waals surface area contributed by atoms with Gasteiger partial charge < -0.3 is 13.6 Å². The molecule has 0 aliphatic carbocycles. The number of nitriles is 1. The summed E-state index contributed by atoms with van der Waals surface area (Å²) in [5.74, 6) is 1.41. The highest BCUT2D eigenvalue weighted by atomic mass is 32.1. The van der Waals surface area contributed by atoms with E-state index in [9.17, 15) is 5.26 Å². The van der Waals surface area contributed by atoms with Crippen molar-refractivity contribution in [2.75, 3.05) is 0 Å². The molecule has 0 spiro atoms. The van der Waals surface area contributed by atoms with Gasteiger partial charge in [-0.2, -0.15) is 5.26 Å². The third kappa shape index (κ3) is 5.92. The Balaban J connectivity index is 1.10. The van der Waals surface area contributed by atoms with Crippen LogP contribution in [0.4, 0.5) is 0 Å². The van der Waals surface area contributed by atoms with Crippen molar-refractivity contribution in [3.8, 4) is 62.7 Å². The molecular weight excluding hydrogens is 901 g/mol. The smallest absolute Gasteiger partial charge is 0.166 e. The molecule has 334 valence electrons. The second kappa shape index (κ2) is 15.7. The summed E-state index contributed by atoms with van der Waals surface area (Å²) in [6, 6.07) is 78.5. The van der Waals surface area contributed by atoms with Crippen molar-refractivity contribution in [3.63, 3.8) is 0 Å². The molecule has 0 saturated carbocycles. The van der Waals surface area contributed by atoms with Gasteiger partial charge in [0.05, 0.1) is 39.4 Å². The zero-order valence-corrected chi connectivity index (χ0v) is 39.1. The summed E-state index contributed by atoms with van der Waals surface area (Å²) >= 11 is 1.83. The number of para-hydroxylation sites is 4. The number of furan rings is 1. The van der Waals surface area contributed by atoms with Crippen molar-refractivity contribution >= 4 is 97.1 Å². The highest BCUT2D eigenvalue weighted by Gasteiger charge is 2.29. The maximum Gasteiger partial charge on any atom is 0.166 e. The lowest BCUT2D eigenvalue weighted by atomic mass is 9.96. The highest BCUT2D eigenvalue weighted by molar-refractivity contribution is 7.25. The zero-order valence-electron chi connectivity index (χ0n) is 38.3. The van der Waals surface area contributed by atoms with Gasteiger partial charge >= 0.3 is 0 Å². The average Bonchev–Trinajstić information content (AvgIpc) is 4.21. The number of rotatable bonds is 6. The fourth-order valence-electron chi connectivity index (χ4n) is 11.1. The van der Waals surface area contributed by atoms with Gasteiger partial charge in [0.1, 0.15) is 5.58 Å². The van der Waals surface area contributed by atoms with Gasteiger partial charge in [-0.3, -0.25) is 0 Å². The Hall–Kier alpha value is -9.68. The van der Waals surface area contributed by atoms with E-state index < -0.39 is 0 Å². The molecule has 5 aromatic heterocycles. The van der Waals surface area contributed by atoms with E-state index in [0.29, 0.717) is 39.8 Å². The molecule has 0 aliphatic rings. The second-order valence-corrected chi connectivity index (χ2v) is 19.2. The topological polar surface area (TPSA) is 85.5 Å². The normalized spacial score (nSPS) is 11.9. The molecule has 0 aliphatic heterocycles. The van der Waals surface area contributed by atoms with Crippen LogP contribution in [0.2, 0.25) is 0 Å². The molecule has 0 bridgehead atoms. The molecule has 7 nitrogen and oxygen atoms in total. The zero-order chi connectivity index (χ0) is 47.4. The van der Waals surface area contributed by atoms with Crippen LogP contribution in [0.15, 0.2) is 223 Å². The fraction of sp³-hybridized carbons (Fsp3) is 0. The largest absolute Gasteiger partial charge is 0.454 e. The van der Waals surface area contributed by atoms with E-state index in [2.05, 4.69) is 149 Å². The van der Waals surface area contributed by atoms with Crippen LogP contribution in [-0.4, -0.2) is 24.1 Å². The molecule has 72 heavy (non-hydrogen) atoms. The highest BCUT2D eigenvalue weighted by Crippen LogP contribution is 2.50. The van der Waals surface area contributed by atoms with Crippen molar-refractivity contribution in [1.29, 1.82) is 5.26 Å². The number of thiophene rings is 1. The monoisotopic (exact) mass is 936 g/mol. The van der Waals surface area contributed by atoms with Gasteiger partial charge in [-0.05, 0) is 66.2 Å². The van der Waals surface area contributed by atoms with Crippen LogP contribution in [0.25, 0.3) is 142 Å². The summed E-state index contributed by atoms with van der Waals surface area (Å²) < 4.78 is 14.4. The van der Waals surface area contributed by atoms with Crippen LogP contribution in [0.5, 0.6) is 0 Å². The van der Waals surface area contributed by atoms with E-state index in [-0.39, 0.29) is 0 Å². The molecule has 0 N–H and O–H groups in total. The Morgan fingerprint density at radius 1 is 0.431 bits per heavy atom. The Bertz CT molecular complexity index is 4690. The van der Waals surface area contributed by atoms with E-state index >= 15 is 0 Å². The molecule has 10 aromatic carbocycles. The van der Waals surface area contributed by atoms with E-state index in [4.69, 9.17) is 19.4 Å². The van der Waals surface area contributed by atoms with Gasteiger partial charge in [0, 0.05) is 80.4 Å². The lowest BCUT2D eigenvalue weighted by Crippen LogP contribution is -2.03. The third-order valence-corrected chi connectivity index (χ3v) is 15.3. The van der Waals surface area contributed by atoms with E-state index in [1.807, 2.05) is 96.3 Å². The SMILES string of the molecule is N#Cc1cc(-n2c3ccccc3c3cc(-c4ccc5sc6ccccc6c5c4)c4c(c5ccccc5n4-c4ccccc4)c32)c2oc3ccccc3c2c1-c1nc(-c2ccccc2)nc(-c2ccccc2)n1. The van der Waals surface area contributed by atoms with Crippen LogP contribution < -0.4 is 0 Å². The summed E-state index contributed by atoms with van der Waals surface area (Å²) in [6.07, 6.45) is 0. The van der Waals surface area contributed by atoms with E-state index in [1.54, 1.807) is 0 Å².